The lowest BCUT2D eigenvalue weighted by Crippen LogP contribution is -2.35. The van der Waals surface area contributed by atoms with Crippen LogP contribution in [0.3, 0.4) is 0 Å². The molecule has 0 radical (unpaired) electrons. The van der Waals surface area contributed by atoms with Gasteiger partial charge in [0.1, 0.15) is 16.8 Å². The maximum atomic E-state index is 13.3. The first-order chi connectivity index (χ1) is 20.3. The van der Waals surface area contributed by atoms with Crippen molar-refractivity contribution in [3.05, 3.63) is 114 Å². The zero-order chi connectivity index (χ0) is 29.5. The average molecular weight is 591 g/mol. The van der Waals surface area contributed by atoms with Crippen LogP contribution < -0.4 is 5.32 Å². The highest BCUT2D eigenvalue weighted by atomic mass is 32.2. The van der Waals surface area contributed by atoms with Crippen molar-refractivity contribution in [2.24, 2.45) is 10.2 Å². The Bertz CT molecular complexity index is 1600. The predicted molar refractivity (Wildman–Crippen MR) is 157 cm³/mol. The molecule has 7 nitrogen and oxygen atoms in total. The van der Waals surface area contributed by atoms with Crippen LogP contribution in [0.4, 0.5) is 18.9 Å². The smallest absolute Gasteiger partial charge is 0.416 e. The number of amidine groups is 1. The summed E-state index contributed by atoms with van der Waals surface area (Å²) in [5.41, 5.74) is 1.18. The molecule has 3 aromatic carbocycles. The van der Waals surface area contributed by atoms with Crippen LogP contribution in [-0.4, -0.2) is 39.9 Å². The Kier molecular flexibility index (Phi) is 8.87. The van der Waals surface area contributed by atoms with Gasteiger partial charge in [-0.05, 0) is 48.4 Å². The van der Waals surface area contributed by atoms with E-state index >= 15 is 0 Å². The highest BCUT2D eigenvalue weighted by Crippen LogP contribution is 2.33. The fraction of sp³-hybridized carbons (Fsp3) is 0.161. The normalized spacial score (nSPS) is 16.5. The van der Waals surface area contributed by atoms with Crippen molar-refractivity contribution < 1.29 is 27.2 Å². The molecule has 0 aliphatic carbocycles. The van der Waals surface area contributed by atoms with Gasteiger partial charge >= 0.3 is 6.18 Å². The van der Waals surface area contributed by atoms with Crippen molar-refractivity contribution in [1.29, 1.82) is 0 Å². The molecule has 1 atom stereocenters. The summed E-state index contributed by atoms with van der Waals surface area (Å²) in [6.45, 7) is 0.349. The maximum Gasteiger partial charge on any atom is 0.416 e. The number of furan rings is 1. The monoisotopic (exact) mass is 590 g/mol. The minimum absolute atomic E-state index is 0.0402. The van der Waals surface area contributed by atoms with Crippen molar-refractivity contribution >= 4 is 40.6 Å². The number of hydrogen-bond donors (Lipinski definition) is 1. The van der Waals surface area contributed by atoms with Crippen molar-refractivity contribution in [3.63, 3.8) is 0 Å². The molecule has 1 saturated heterocycles. The molecule has 5 rings (SSSR count). The van der Waals surface area contributed by atoms with Crippen LogP contribution in [0.2, 0.25) is 0 Å². The summed E-state index contributed by atoms with van der Waals surface area (Å²) in [6, 6.07) is 26.6. The van der Waals surface area contributed by atoms with E-state index in [0.29, 0.717) is 23.8 Å². The number of benzene rings is 3. The largest absolute Gasteiger partial charge is 0.455 e. The number of halogens is 3. The Balaban J connectivity index is 1.30. The number of carbonyl (C=O) groups is 2. The lowest BCUT2D eigenvalue weighted by Gasteiger charge is -2.15. The molecule has 0 bridgehead atoms. The van der Waals surface area contributed by atoms with E-state index in [-0.39, 0.29) is 35.3 Å². The molecule has 42 heavy (non-hydrogen) atoms. The number of alkyl halides is 3. The van der Waals surface area contributed by atoms with Crippen LogP contribution in [-0.2, 0) is 22.2 Å². The van der Waals surface area contributed by atoms with Crippen molar-refractivity contribution in [2.75, 3.05) is 11.9 Å². The summed E-state index contributed by atoms with van der Waals surface area (Å²) < 4.78 is 44.9. The Morgan fingerprint density at radius 3 is 2.45 bits per heavy atom. The molecule has 1 aromatic heterocycles. The highest BCUT2D eigenvalue weighted by molar-refractivity contribution is 8.15. The second-order valence-electron chi connectivity index (χ2n) is 9.36. The van der Waals surface area contributed by atoms with Gasteiger partial charge in [0.2, 0.25) is 11.8 Å². The van der Waals surface area contributed by atoms with Gasteiger partial charge in [0, 0.05) is 24.2 Å². The molecule has 214 valence electrons. The van der Waals surface area contributed by atoms with E-state index in [1.807, 2.05) is 36.4 Å². The number of hydrogen-bond acceptors (Lipinski definition) is 6. The van der Waals surface area contributed by atoms with Crippen molar-refractivity contribution in [2.45, 2.75) is 24.3 Å². The van der Waals surface area contributed by atoms with E-state index in [2.05, 4.69) is 15.5 Å². The SMILES string of the molecule is O=C(CC1S/C(=N\N=C\c2ccc(-c3cccc(C(F)(F)F)c3)o2)N(CCc2ccccc2)C1=O)Nc1ccccc1. The molecule has 0 spiro atoms. The van der Waals surface area contributed by atoms with Crippen LogP contribution in [0.5, 0.6) is 0 Å². The van der Waals surface area contributed by atoms with Gasteiger partial charge in [-0.15, -0.1) is 5.10 Å². The van der Waals surface area contributed by atoms with E-state index in [9.17, 15) is 22.8 Å². The van der Waals surface area contributed by atoms with E-state index in [1.54, 1.807) is 36.4 Å². The number of nitrogens with one attached hydrogen (secondary N) is 1. The fourth-order valence-electron chi connectivity index (χ4n) is 4.27. The zero-order valence-electron chi connectivity index (χ0n) is 22.1. The molecule has 1 N–H and O–H groups in total. The number of thioether (sulfide) groups is 1. The Morgan fingerprint density at radius 1 is 0.976 bits per heavy atom. The van der Waals surface area contributed by atoms with Gasteiger partial charge in [0.05, 0.1) is 11.8 Å². The van der Waals surface area contributed by atoms with Crippen LogP contribution >= 0.6 is 11.8 Å². The third-order valence-corrected chi connectivity index (χ3v) is 7.51. The zero-order valence-corrected chi connectivity index (χ0v) is 22.9. The van der Waals surface area contributed by atoms with Crippen LogP contribution in [0.25, 0.3) is 11.3 Å². The second-order valence-corrected chi connectivity index (χ2v) is 10.5. The molecular weight excluding hydrogens is 565 g/mol. The van der Waals surface area contributed by atoms with Gasteiger partial charge in [-0.3, -0.25) is 14.5 Å². The van der Waals surface area contributed by atoms with Crippen molar-refractivity contribution in [1.82, 2.24) is 4.90 Å². The standard InChI is InChI=1S/C31H25F3N4O3S/c32-31(33,34)23-11-7-10-22(18-23)26-15-14-25(41-26)20-35-37-30-38(17-16-21-8-3-1-4-9-21)29(40)27(42-30)19-28(39)36-24-12-5-2-6-13-24/h1-15,18,20,27H,16-17,19H2,(H,36,39)/b35-20+,37-30-. The Hall–Kier alpha value is -4.64. The summed E-state index contributed by atoms with van der Waals surface area (Å²) in [5.74, 6) is -0.0132. The summed E-state index contributed by atoms with van der Waals surface area (Å²) in [5, 5.41) is 10.8. The number of amides is 2. The molecule has 2 heterocycles. The fourth-order valence-corrected chi connectivity index (χ4v) is 5.39. The van der Waals surface area contributed by atoms with E-state index in [0.717, 1.165) is 29.5 Å². The summed E-state index contributed by atoms with van der Waals surface area (Å²) in [6.07, 6.45) is -2.61. The summed E-state index contributed by atoms with van der Waals surface area (Å²) in [4.78, 5) is 27.5. The Morgan fingerprint density at radius 2 is 1.71 bits per heavy atom. The van der Waals surface area contributed by atoms with Crippen molar-refractivity contribution in [3.8, 4) is 11.3 Å². The first-order valence-electron chi connectivity index (χ1n) is 13.0. The van der Waals surface area contributed by atoms with Gasteiger partial charge in [0.25, 0.3) is 0 Å². The minimum atomic E-state index is -4.47. The second kappa shape index (κ2) is 12.9. The van der Waals surface area contributed by atoms with E-state index in [4.69, 9.17) is 4.42 Å². The van der Waals surface area contributed by atoms with Gasteiger partial charge < -0.3 is 9.73 Å². The lowest BCUT2D eigenvalue weighted by atomic mass is 10.1. The summed E-state index contributed by atoms with van der Waals surface area (Å²) >= 11 is 1.16. The number of nitrogens with zero attached hydrogens (tertiary/aromatic N) is 3. The lowest BCUT2D eigenvalue weighted by molar-refractivity contribution is -0.137. The third kappa shape index (κ3) is 7.35. The first kappa shape index (κ1) is 28.9. The molecule has 1 fully saturated rings. The Labute approximate surface area is 244 Å². The maximum absolute atomic E-state index is 13.3. The van der Waals surface area contributed by atoms with Gasteiger partial charge in [-0.2, -0.15) is 18.3 Å². The number of anilines is 1. The first-order valence-corrected chi connectivity index (χ1v) is 13.9. The van der Waals surface area contributed by atoms with Crippen LogP contribution in [0.1, 0.15) is 23.3 Å². The molecular formula is C31H25F3N4O3S. The summed E-state index contributed by atoms with van der Waals surface area (Å²) in [7, 11) is 0. The van der Waals surface area contributed by atoms with Gasteiger partial charge in [-0.25, -0.2) is 0 Å². The van der Waals surface area contributed by atoms with Gasteiger partial charge in [0.15, 0.2) is 5.17 Å². The van der Waals surface area contributed by atoms with Crippen LogP contribution in [0, 0.1) is 0 Å². The molecule has 11 heteroatoms. The quantitative estimate of drug-likeness (QED) is 0.170. The number of rotatable bonds is 9. The van der Waals surface area contributed by atoms with Crippen LogP contribution in [0.15, 0.2) is 112 Å². The third-order valence-electron chi connectivity index (χ3n) is 6.34. The average Bonchev–Trinajstić information content (AvgIpc) is 3.57. The number of carbonyl (C=O) groups excluding carboxylic acids is 2. The predicted octanol–water partition coefficient (Wildman–Crippen LogP) is 6.87. The molecule has 1 unspecified atom stereocenters. The molecule has 2 amide bonds. The molecule has 4 aromatic rings. The number of para-hydroxylation sites is 1. The minimum Gasteiger partial charge on any atom is -0.455 e. The van der Waals surface area contributed by atoms with Gasteiger partial charge in [-0.1, -0.05) is 72.4 Å². The van der Waals surface area contributed by atoms with E-state index in [1.165, 1.54) is 23.2 Å². The van der Waals surface area contributed by atoms with E-state index < -0.39 is 17.0 Å². The molecule has 1 aliphatic rings. The molecule has 0 saturated carbocycles. The topological polar surface area (TPSA) is 87.3 Å². The molecule has 1 aliphatic heterocycles. The highest BCUT2D eigenvalue weighted by Gasteiger charge is 2.39.